The van der Waals surface area contributed by atoms with E-state index in [2.05, 4.69) is 21.2 Å². The highest BCUT2D eigenvalue weighted by molar-refractivity contribution is 9.11. The van der Waals surface area contributed by atoms with Crippen LogP contribution in [0.5, 0.6) is 0 Å². The Morgan fingerprint density at radius 3 is 2.76 bits per heavy atom. The molecule has 0 saturated heterocycles. The molecule has 0 unspecified atom stereocenters. The molecule has 1 amide bonds. The van der Waals surface area contributed by atoms with Gasteiger partial charge in [0.15, 0.2) is 0 Å². The summed E-state index contributed by atoms with van der Waals surface area (Å²) in [7, 11) is 0. The van der Waals surface area contributed by atoms with Crippen molar-refractivity contribution in [1.29, 1.82) is 0 Å². The van der Waals surface area contributed by atoms with Gasteiger partial charge in [0.2, 0.25) is 0 Å². The summed E-state index contributed by atoms with van der Waals surface area (Å²) < 4.78 is 0.962. The summed E-state index contributed by atoms with van der Waals surface area (Å²) in [6.45, 7) is 4.87. The van der Waals surface area contributed by atoms with Crippen molar-refractivity contribution in [2.45, 2.75) is 26.7 Å². The van der Waals surface area contributed by atoms with Gasteiger partial charge in [0, 0.05) is 13.2 Å². The quantitative estimate of drug-likeness (QED) is 0.792. The second kappa shape index (κ2) is 6.52. The van der Waals surface area contributed by atoms with E-state index >= 15 is 0 Å². The average Bonchev–Trinajstić information content (AvgIpc) is 2.71. The summed E-state index contributed by atoms with van der Waals surface area (Å²) in [6.07, 6.45) is 1.78. The maximum Gasteiger partial charge on any atom is 0.261 e. The number of thiophene rings is 1. The van der Waals surface area contributed by atoms with Crippen LogP contribution in [0.4, 0.5) is 0 Å². The minimum absolute atomic E-state index is 0.0255. The number of rotatable bonds is 6. The number of aliphatic hydroxyl groups is 1. The minimum Gasteiger partial charge on any atom is -0.396 e. The number of carbonyl (C=O) groups excluding carboxylic acids is 1. The van der Waals surface area contributed by atoms with Crippen LogP contribution in [-0.4, -0.2) is 24.2 Å². The monoisotopic (exact) mass is 319 g/mol. The SMILES string of the molecule is CC(C)(CO)CCCNC(=O)c1ccc(Br)s1. The zero-order chi connectivity index (χ0) is 12.9. The van der Waals surface area contributed by atoms with Gasteiger partial charge in [-0.05, 0) is 46.3 Å². The molecule has 0 saturated carbocycles. The Hall–Kier alpha value is -0.390. The highest BCUT2D eigenvalue weighted by atomic mass is 79.9. The molecule has 0 aliphatic carbocycles. The molecule has 0 spiro atoms. The number of hydrogen-bond donors (Lipinski definition) is 2. The summed E-state index contributed by atoms with van der Waals surface area (Å²) in [6, 6.07) is 3.68. The Balaban J connectivity index is 2.26. The standard InChI is InChI=1S/C12H18BrNO2S/c1-12(2,8-15)6-3-7-14-11(16)9-4-5-10(13)17-9/h4-5,15H,3,6-8H2,1-2H3,(H,14,16). The van der Waals surface area contributed by atoms with Gasteiger partial charge in [0.05, 0.1) is 8.66 Å². The van der Waals surface area contributed by atoms with Crippen molar-refractivity contribution in [2.24, 2.45) is 5.41 Å². The molecule has 0 fully saturated rings. The number of carbonyl (C=O) groups is 1. The first-order valence-corrected chi connectivity index (χ1v) is 7.20. The van der Waals surface area contributed by atoms with E-state index in [1.54, 1.807) is 0 Å². The first kappa shape index (κ1) is 14.7. The van der Waals surface area contributed by atoms with Crippen molar-refractivity contribution >= 4 is 33.2 Å². The van der Waals surface area contributed by atoms with E-state index < -0.39 is 0 Å². The molecule has 0 aromatic carbocycles. The van der Waals surface area contributed by atoms with Crippen molar-refractivity contribution < 1.29 is 9.90 Å². The molecule has 0 radical (unpaired) electrons. The van der Waals surface area contributed by atoms with E-state index in [9.17, 15) is 4.79 Å². The predicted molar refractivity (Wildman–Crippen MR) is 74.5 cm³/mol. The molecule has 0 aliphatic heterocycles. The predicted octanol–water partition coefficient (Wildman–Crippen LogP) is 3.04. The molecule has 0 atom stereocenters. The second-order valence-corrected chi connectivity index (χ2v) is 7.25. The maximum atomic E-state index is 11.7. The smallest absolute Gasteiger partial charge is 0.261 e. The first-order chi connectivity index (χ1) is 7.94. The van der Waals surface area contributed by atoms with Gasteiger partial charge in [-0.25, -0.2) is 0 Å². The molecular weight excluding hydrogens is 302 g/mol. The molecule has 0 aliphatic rings. The molecule has 5 heteroatoms. The maximum absolute atomic E-state index is 11.7. The Kier molecular flexibility index (Phi) is 5.62. The van der Waals surface area contributed by atoms with E-state index in [1.807, 2.05) is 26.0 Å². The fourth-order valence-corrected chi connectivity index (χ4v) is 2.67. The molecule has 1 rings (SSSR count). The van der Waals surface area contributed by atoms with Gasteiger partial charge < -0.3 is 10.4 Å². The van der Waals surface area contributed by atoms with E-state index in [-0.39, 0.29) is 17.9 Å². The van der Waals surface area contributed by atoms with E-state index in [1.165, 1.54) is 11.3 Å². The van der Waals surface area contributed by atoms with Crippen LogP contribution < -0.4 is 5.32 Å². The van der Waals surface area contributed by atoms with Crippen molar-refractivity contribution in [3.8, 4) is 0 Å². The van der Waals surface area contributed by atoms with E-state index in [4.69, 9.17) is 5.11 Å². The van der Waals surface area contributed by atoms with Crippen LogP contribution in [0.2, 0.25) is 0 Å². The molecule has 17 heavy (non-hydrogen) atoms. The molecule has 1 aromatic heterocycles. The summed E-state index contributed by atoms with van der Waals surface area (Å²) >= 11 is 4.76. The molecule has 2 N–H and O–H groups in total. The molecule has 1 heterocycles. The third kappa shape index (κ3) is 5.19. The third-order valence-electron chi connectivity index (χ3n) is 2.54. The highest BCUT2D eigenvalue weighted by Crippen LogP contribution is 2.22. The largest absolute Gasteiger partial charge is 0.396 e. The van der Waals surface area contributed by atoms with Gasteiger partial charge in [-0.2, -0.15) is 0 Å². The van der Waals surface area contributed by atoms with Gasteiger partial charge in [-0.15, -0.1) is 11.3 Å². The van der Waals surface area contributed by atoms with Crippen molar-refractivity contribution in [3.63, 3.8) is 0 Å². The summed E-state index contributed by atoms with van der Waals surface area (Å²) in [5.74, 6) is -0.0255. The summed E-state index contributed by atoms with van der Waals surface area (Å²) in [4.78, 5) is 12.4. The lowest BCUT2D eigenvalue weighted by atomic mass is 9.89. The molecule has 1 aromatic rings. The lowest BCUT2D eigenvalue weighted by Gasteiger charge is -2.21. The van der Waals surface area contributed by atoms with Gasteiger partial charge >= 0.3 is 0 Å². The van der Waals surface area contributed by atoms with Gasteiger partial charge in [-0.3, -0.25) is 4.79 Å². The van der Waals surface area contributed by atoms with Crippen LogP contribution in [0.25, 0.3) is 0 Å². The Morgan fingerprint density at radius 1 is 1.53 bits per heavy atom. The Morgan fingerprint density at radius 2 is 2.24 bits per heavy atom. The lowest BCUT2D eigenvalue weighted by Crippen LogP contribution is -2.25. The zero-order valence-corrected chi connectivity index (χ0v) is 12.5. The van der Waals surface area contributed by atoms with Gasteiger partial charge in [-0.1, -0.05) is 13.8 Å². The van der Waals surface area contributed by atoms with E-state index in [0.29, 0.717) is 6.54 Å². The van der Waals surface area contributed by atoms with Crippen LogP contribution in [-0.2, 0) is 0 Å². The fraction of sp³-hybridized carbons (Fsp3) is 0.583. The minimum atomic E-state index is -0.0588. The Bertz CT molecular complexity index is 376. The Labute approximate surface area is 114 Å². The molecule has 96 valence electrons. The zero-order valence-electron chi connectivity index (χ0n) is 10.1. The highest BCUT2D eigenvalue weighted by Gasteiger charge is 2.15. The van der Waals surface area contributed by atoms with Crippen LogP contribution in [0.15, 0.2) is 15.9 Å². The van der Waals surface area contributed by atoms with E-state index in [0.717, 1.165) is 21.5 Å². The van der Waals surface area contributed by atoms with Crippen molar-refractivity contribution in [1.82, 2.24) is 5.32 Å². The van der Waals surface area contributed by atoms with Crippen molar-refractivity contribution in [2.75, 3.05) is 13.2 Å². The fourth-order valence-electron chi connectivity index (χ4n) is 1.37. The summed E-state index contributed by atoms with van der Waals surface area (Å²) in [5.41, 5.74) is -0.0588. The third-order valence-corrected chi connectivity index (χ3v) is 4.16. The lowest BCUT2D eigenvalue weighted by molar-refractivity contribution is 0.0952. The number of nitrogens with one attached hydrogen (secondary N) is 1. The normalized spacial score (nSPS) is 11.5. The number of hydrogen-bond acceptors (Lipinski definition) is 3. The van der Waals surface area contributed by atoms with Crippen LogP contribution >= 0.6 is 27.3 Å². The summed E-state index contributed by atoms with van der Waals surface area (Å²) in [5, 5.41) is 12.0. The molecular formula is C12H18BrNO2S. The average molecular weight is 320 g/mol. The van der Waals surface area contributed by atoms with Crippen LogP contribution in [0, 0.1) is 5.41 Å². The van der Waals surface area contributed by atoms with Crippen LogP contribution in [0.3, 0.4) is 0 Å². The molecule has 0 bridgehead atoms. The number of halogens is 1. The first-order valence-electron chi connectivity index (χ1n) is 5.59. The van der Waals surface area contributed by atoms with Crippen molar-refractivity contribution in [3.05, 3.63) is 20.8 Å². The number of aliphatic hydroxyl groups excluding tert-OH is 1. The topological polar surface area (TPSA) is 49.3 Å². The van der Waals surface area contributed by atoms with Crippen LogP contribution in [0.1, 0.15) is 36.4 Å². The number of amides is 1. The van der Waals surface area contributed by atoms with Gasteiger partial charge in [0.1, 0.15) is 0 Å². The second-order valence-electron chi connectivity index (χ2n) is 4.79. The molecule has 3 nitrogen and oxygen atoms in total. The van der Waals surface area contributed by atoms with Gasteiger partial charge in [0.25, 0.3) is 5.91 Å².